The van der Waals surface area contributed by atoms with Gasteiger partial charge in [0, 0.05) is 19.6 Å². The minimum Gasteiger partial charge on any atom is -0.372 e. The fourth-order valence-electron chi connectivity index (χ4n) is 3.25. The second-order valence-corrected chi connectivity index (χ2v) is 7.01. The molecule has 1 aliphatic rings. The Kier molecular flexibility index (Phi) is 10.4. The van der Waals surface area contributed by atoms with Crippen molar-refractivity contribution in [3.05, 3.63) is 0 Å². The molecule has 3 unspecified atom stereocenters. The first-order chi connectivity index (χ1) is 10.2. The maximum atomic E-state index is 5.49. The molecule has 0 saturated carbocycles. The number of nitrogens with zero attached hydrogens (tertiary/aromatic N) is 1. The van der Waals surface area contributed by atoms with Gasteiger partial charge in [0.05, 0.1) is 12.7 Å². The number of epoxide rings is 1. The summed E-state index contributed by atoms with van der Waals surface area (Å²) in [6.07, 6.45) is 11.4. The third kappa shape index (κ3) is 8.83. The predicted octanol–water partition coefficient (Wildman–Crippen LogP) is 5.12. The lowest BCUT2D eigenvalue weighted by atomic mass is 9.95. The molecule has 0 aromatic carbocycles. The minimum absolute atomic E-state index is 0.539. The Morgan fingerprint density at radius 3 is 1.71 bits per heavy atom. The molecular weight excluding hydrogens is 258 g/mol. The quantitative estimate of drug-likeness (QED) is 0.414. The van der Waals surface area contributed by atoms with E-state index >= 15 is 0 Å². The molecular formula is C19H39NO. The second kappa shape index (κ2) is 11.5. The molecule has 0 spiro atoms. The molecule has 0 aromatic rings. The van der Waals surface area contributed by atoms with Crippen LogP contribution in [0.15, 0.2) is 0 Å². The van der Waals surface area contributed by atoms with Gasteiger partial charge in [-0.3, -0.25) is 0 Å². The van der Waals surface area contributed by atoms with Crippen molar-refractivity contribution in [2.24, 2.45) is 11.8 Å². The lowest BCUT2D eigenvalue weighted by Crippen LogP contribution is -2.36. The van der Waals surface area contributed by atoms with Crippen LogP contribution in [0.3, 0.4) is 0 Å². The minimum atomic E-state index is 0.539. The summed E-state index contributed by atoms with van der Waals surface area (Å²) in [7, 11) is 0. The first kappa shape index (κ1) is 19.0. The van der Waals surface area contributed by atoms with Crippen LogP contribution in [0.1, 0.15) is 79.1 Å². The number of rotatable bonds is 14. The Hall–Kier alpha value is -0.0800. The van der Waals surface area contributed by atoms with Crippen LogP contribution in [0.5, 0.6) is 0 Å². The molecule has 1 rings (SSSR count). The number of ether oxygens (including phenoxy) is 1. The lowest BCUT2D eigenvalue weighted by molar-refractivity contribution is 0.167. The molecule has 126 valence electrons. The van der Waals surface area contributed by atoms with Gasteiger partial charge in [-0.05, 0) is 24.7 Å². The zero-order valence-electron chi connectivity index (χ0n) is 15.1. The van der Waals surface area contributed by atoms with Crippen LogP contribution in [-0.4, -0.2) is 37.2 Å². The van der Waals surface area contributed by atoms with Gasteiger partial charge in [0.1, 0.15) is 0 Å². The normalized spacial score (nSPS) is 20.7. The van der Waals surface area contributed by atoms with Gasteiger partial charge in [-0.1, -0.05) is 66.2 Å². The second-order valence-electron chi connectivity index (χ2n) is 7.01. The summed E-state index contributed by atoms with van der Waals surface area (Å²) < 4.78 is 5.49. The van der Waals surface area contributed by atoms with Gasteiger partial charge >= 0.3 is 0 Å². The Labute approximate surface area is 133 Å². The SMILES string of the molecule is CCCCC(CC)CN(CC(CC)CCCC)CC1CO1. The van der Waals surface area contributed by atoms with Crippen molar-refractivity contribution in [3.63, 3.8) is 0 Å². The summed E-state index contributed by atoms with van der Waals surface area (Å²) in [6, 6.07) is 0. The summed E-state index contributed by atoms with van der Waals surface area (Å²) in [6.45, 7) is 14.1. The highest BCUT2D eigenvalue weighted by molar-refractivity contribution is 4.78. The molecule has 0 aromatic heterocycles. The summed E-state index contributed by atoms with van der Waals surface area (Å²) >= 11 is 0. The van der Waals surface area contributed by atoms with Crippen molar-refractivity contribution >= 4 is 0 Å². The summed E-state index contributed by atoms with van der Waals surface area (Å²) in [5, 5.41) is 0. The van der Waals surface area contributed by atoms with Crippen LogP contribution in [0.2, 0.25) is 0 Å². The molecule has 0 aliphatic carbocycles. The summed E-state index contributed by atoms with van der Waals surface area (Å²) in [5.74, 6) is 1.76. The van der Waals surface area contributed by atoms with Crippen LogP contribution < -0.4 is 0 Å². The highest BCUT2D eigenvalue weighted by atomic mass is 16.6. The van der Waals surface area contributed by atoms with Gasteiger partial charge in [0.2, 0.25) is 0 Å². The van der Waals surface area contributed by atoms with Gasteiger partial charge < -0.3 is 9.64 Å². The largest absolute Gasteiger partial charge is 0.372 e. The molecule has 2 heteroatoms. The molecule has 1 heterocycles. The molecule has 0 radical (unpaired) electrons. The fraction of sp³-hybridized carbons (Fsp3) is 1.00. The highest BCUT2D eigenvalue weighted by Gasteiger charge is 2.27. The number of hydrogen-bond acceptors (Lipinski definition) is 2. The van der Waals surface area contributed by atoms with E-state index in [1.54, 1.807) is 0 Å². The molecule has 21 heavy (non-hydrogen) atoms. The highest BCUT2D eigenvalue weighted by Crippen LogP contribution is 2.21. The van der Waals surface area contributed by atoms with Crippen LogP contribution in [-0.2, 0) is 4.74 Å². The van der Waals surface area contributed by atoms with Crippen LogP contribution in [0.4, 0.5) is 0 Å². The fourth-order valence-corrected chi connectivity index (χ4v) is 3.25. The average Bonchev–Trinajstić information content (AvgIpc) is 3.31. The topological polar surface area (TPSA) is 15.8 Å². The van der Waals surface area contributed by atoms with E-state index in [4.69, 9.17) is 4.74 Å². The van der Waals surface area contributed by atoms with E-state index in [1.165, 1.54) is 71.0 Å². The monoisotopic (exact) mass is 297 g/mol. The lowest BCUT2D eigenvalue weighted by Gasteiger charge is -2.30. The smallest absolute Gasteiger partial charge is 0.0936 e. The summed E-state index contributed by atoms with van der Waals surface area (Å²) in [5.41, 5.74) is 0. The van der Waals surface area contributed by atoms with E-state index in [-0.39, 0.29) is 0 Å². The van der Waals surface area contributed by atoms with E-state index in [2.05, 4.69) is 32.6 Å². The third-order valence-electron chi connectivity index (χ3n) is 4.98. The van der Waals surface area contributed by atoms with Gasteiger partial charge in [0.15, 0.2) is 0 Å². The van der Waals surface area contributed by atoms with Gasteiger partial charge in [-0.15, -0.1) is 0 Å². The Balaban J connectivity index is 2.43. The molecule has 0 amide bonds. The van der Waals surface area contributed by atoms with Gasteiger partial charge in [-0.25, -0.2) is 0 Å². The van der Waals surface area contributed by atoms with Gasteiger partial charge in [0.25, 0.3) is 0 Å². The predicted molar refractivity (Wildman–Crippen MR) is 92.8 cm³/mol. The molecule has 2 nitrogen and oxygen atoms in total. The average molecular weight is 298 g/mol. The Morgan fingerprint density at radius 1 is 0.905 bits per heavy atom. The molecule has 1 saturated heterocycles. The van der Waals surface area contributed by atoms with E-state index in [9.17, 15) is 0 Å². The van der Waals surface area contributed by atoms with Crippen molar-refractivity contribution < 1.29 is 4.74 Å². The zero-order valence-corrected chi connectivity index (χ0v) is 15.1. The van der Waals surface area contributed by atoms with E-state index in [1.807, 2.05) is 0 Å². The number of hydrogen-bond donors (Lipinski definition) is 0. The van der Waals surface area contributed by atoms with Gasteiger partial charge in [-0.2, -0.15) is 0 Å². The molecule has 0 bridgehead atoms. The van der Waals surface area contributed by atoms with Crippen molar-refractivity contribution in [2.45, 2.75) is 85.2 Å². The third-order valence-corrected chi connectivity index (χ3v) is 4.98. The van der Waals surface area contributed by atoms with Crippen molar-refractivity contribution in [1.82, 2.24) is 4.90 Å². The molecule has 3 atom stereocenters. The molecule has 0 N–H and O–H groups in total. The van der Waals surface area contributed by atoms with Crippen LogP contribution in [0, 0.1) is 11.8 Å². The summed E-state index contributed by atoms with van der Waals surface area (Å²) in [4.78, 5) is 2.73. The molecule has 1 fully saturated rings. The standard InChI is InChI=1S/C19H39NO/c1-5-9-11-17(7-3)13-20(15-19-16-21-19)14-18(8-4)12-10-6-2/h17-19H,5-16H2,1-4H3. The first-order valence-corrected chi connectivity index (χ1v) is 9.57. The first-order valence-electron chi connectivity index (χ1n) is 9.57. The van der Waals surface area contributed by atoms with Crippen LogP contribution in [0.25, 0.3) is 0 Å². The maximum Gasteiger partial charge on any atom is 0.0936 e. The van der Waals surface area contributed by atoms with Crippen molar-refractivity contribution in [2.75, 3.05) is 26.2 Å². The zero-order chi connectivity index (χ0) is 15.5. The maximum absolute atomic E-state index is 5.49. The van der Waals surface area contributed by atoms with E-state index in [0.29, 0.717) is 6.10 Å². The Bertz CT molecular complexity index is 222. The van der Waals surface area contributed by atoms with Crippen molar-refractivity contribution in [3.8, 4) is 0 Å². The van der Waals surface area contributed by atoms with Crippen molar-refractivity contribution in [1.29, 1.82) is 0 Å². The van der Waals surface area contributed by atoms with E-state index in [0.717, 1.165) is 18.4 Å². The molecule has 1 aliphatic heterocycles. The number of unbranched alkanes of at least 4 members (excludes halogenated alkanes) is 2. The van der Waals surface area contributed by atoms with Crippen LogP contribution >= 0.6 is 0 Å². The Morgan fingerprint density at radius 2 is 1.38 bits per heavy atom. The van der Waals surface area contributed by atoms with E-state index < -0.39 is 0 Å².